The summed E-state index contributed by atoms with van der Waals surface area (Å²) in [5.74, 6) is 0.614. The van der Waals surface area contributed by atoms with Crippen molar-refractivity contribution in [2.24, 2.45) is 0 Å². The Balaban J connectivity index is 1.81. The maximum absolute atomic E-state index is 14.1. The second-order valence-corrected chi connectivity index (χ2v) is 8.90. The predicted octanol–water partition coefficient (Wildman–Crippen LogP) is 5.51. The van der Waals surface area contributed by atoms with Crippen LogP contribution in [0.15, 0.2) is 71.5 Å². The normalized spacial score (nSPS) is 11.6. The van der Waals surface area contributed by atoms with E-state index in [4.69, 9.17) is 15.0 Å². The zero-order valence-corrected chi connectivity index (χ0v) is 19.5. The van der Waals surface area contributed by atoms with Crippen LogP contribution in [0.25, 0.3) is 44.6 Å². The monoisotopic (exact) mass is 445 g/mol. The molecule has 0 saturated heterocycles. The lowest BCUT2D eigenvalue weighted by molar-refractivity contribution is 0.884. The molecule has 0 aliphatic carbocycles. The Labute approximate surface area is 196 Å². The van der Waals surface area contributed by atoms with E-state index in [-0.39, 0.29) is 5.56 Å². The average molecular weight is 446 g/mol. The van der Waals surface area contributed by atoms with Gasteiger partial charge in [0.15, 0.2) is 11.3 Å². The second-order valence-electron chi connectivity index (χ2n) is 8.90. The molecule has 0 unspecified atom stereocenters. The fourth-order valence-electron chi connectivity index (χ4n) is 4.72. The number of fused-ring (bicyclic) bond motifs is 4. The molecule has 0 saturated carbocycles. The Kier molecular flexibility index (Phi) is 4.39. The van der Waals surface area contributed by atoms with Gasteiger partial charge in [0.25, 0.3) is 5.56 Å². The molecule has 6 heteroatoms. The van der Waals surface area contributed by atoms with E-state index in [0.717, 1.165) is 39.1 Å². The van der Waals surface area contributed by atoms with Gasteiger partial charge in [-0.25, -0.2) is 15.0 Å². The molecule has 3 aromatic heterocycles. The fourth-order valence-corrected chi connectivity index (χ4v) is 4.72. The summed E-state index contributed by atoms with van der Waals surface area (Å²) >= 11 is 0. The number of hydrogen-bond acceptors (Lipinski definition) is 4. The Morgan fingerprint density at radius 3 is 1.94 bits per heavy atom. The predicted molar refractivity (Wildman–Crippen MR) is 136 cm³/mol. The van der Waals surface area contributed by atoms with Crippen molar-refractivity contribution in [3.63, 3.8) is 0 Å². The molecule has 0 N–H and O–H groups in total. The summed E-state index contributed by atoms with van der Waals surface area (Å²) in [5, 5.41) is 0.471. The number of rotatable bonds is 2. The Morgan fingerprint density at radius 1 is 0.618 bits per heavy atom. The first-order valence-corrected chi connectivity index (χ1v) is 11.3. The van der Waals surface area contributed by atoms with Gasteiger partial charge in [-0.1, -0.05) is 35.9 Å². The van der Waals surface area contributed by atoms with E-state index < -0.39 is 0 Å². The van der Waals surface area contributed by atoms with Gasteiger partial charge in [-0.05, 0) is 75.2 Å². The van der Waals surface area contributed by atoms with Gasteiger partial charge in [0.2, 0.25) is 0 Å². The van der Waals surface area contributed by atoms with Crippen LogP contribution in [0.4, 0.5) is 0 Å². The lowest BCUT2D eigenvalue weighted by atomic mass is 10.1. The molecule has 0 bridgehead atoms. The third-order valence-electron chi connectivity index (χ3n) is 6.20. The number of nitrogens with zero attached hydrogens (tertiary/aromatic N) is 5. The molecule has 0 fully saturated rings. The molecule has 0 spiro atoms. The number of para-hydroxylation sites is 2. The minimum absolute atomic E-state index is 0.145. The van der Waals surface area contributed by atoms with Gasteiger partial charge in [-0.2, -0.15) is 0 Å². The standard InChI is InChI=1S/C28H23N5O/c1-16-9-11-20(12-10-16)33-26-24(25-27(33)31-23-8-6-5-7-22(23)30-25)28(34)32(19(4)29-26)21-14-17(2)13-18(3)15-21/h5-15H,1-4H3. The van der Waals surface area contributed by atoms with Crippen LogP contribution >= 0.6 is 0 Å². The lowest BCUT2D eigenvalue weighted by Gasteiger charge is -2.12. The van der Waals surface area contributed by atoms with E-state index in [1.165, 1.54) is 0 Å². The summed E-state index contributed by atoms with van der Waals surface area (Å²) in [6, 6.07) is 22.0. The van der Waals surface area contributed by atoms with Crippen LogP contribution in [0.1, 0.15) is 22.5 Å². The zero-order chi connectivity index (χ0) is 23.6. The molecule has 0 amide bonds. The smallest absolute Gasteiger partial charge is 0.269 e. The van der Waals surface area contributed by atoms with E-state index >= 15 is 0 Å². The van der Waals surface area contributed by atoms with Gasteiger partial charge in [-0.3, -0.25) is 13.9 Å². The SMILES string of the molecule is Cc1ccc(-n2c3nc4ccccc4nc3c3c(=O)n(-c4cc(C)cc(C)c4)c(C)nc32)cc1. The molecular weight excluding hydrogens is 422 g/mol. The van der Waals surface area contributed by atoms with Crippen molar-refractivity contribution in [1.82, 2.24) is 24.1 Å². The molecule has 6 aromatic rings. The first kappa shape index (κ1) is 20.3. The van der Waals surface area contributed by atoms with Crippen LogP contribution in [0, 0.1) is 27.7 Å². The summed E-state index contributed by atoms with van der Waals surface area (Å²) < 4.78 is 3.63. The van der Waals surface area contributed by atoms with Gasteiger partial charge >= 0.3 is 0 Å². The van der Waals surface area contributed by atoms with Gasteiger partial charge < -0.3 is 0 Å². The van der Waals surface area contributed by atoms with Crippen LogP contribution in [-0.2, 0) is 0 Å². The highest BCUT2D eigenvalue weighted by Gasteiger charge is 2.22. The number of aromatic nitrogens is 5. The Bertz CT molecular complexity index is 1790. The maximum atomic E-state index is 14.1. The highest BCUT2D eigenvalue weighted by molar-refractivity contribution is 6.06. The summed E-state index contributed by atoms with van der Waals surface area (Å²) in [6.07, 6.45) is 0. The summed E-state index contributed by atoms with van der Waals surface area (Å²) in [6.45, 7) is 7.98. The summed E-state index contributed by atoms with van der Waals surface area (Å²) in [7, 11) is 0. The van der Waals surface area contributed by atoms with Crippen LogP contribution in [0.3, 0.4) is 0 Å². The quantitative estimate of drug-likeness (QED) is 0.353. The third-order valence-corrected chi connectivity index (χ3v) is 6.20. The molecule has 0 aliphatic heterocycles. The summed E-state index contributed by atoms with van der Waals surface area (Å²) in [4.78, 5) is 28.8. The second kappa shape index (κ2) is 7.35. The zero-order valence-electron chi connectivity index (χ0n) is 19.5. The van der Waals surface area contributed by atoms with Crippen LogP contribution in [0.2, 0.25) is 0 Å². The number of aryl methyl sites for hydroxylation is 4. The van der Waals surface area contributed by atoms with Crippen LogP contribution in [-0.4, -0.2) is 24.1 Å². The molecule has 3 aromatic carbocycles. The molecular formula is C28H23N5O. The molecule has 0 aliphatic rings. The van der Waals surface area contributed by atoms with E-state index in [9.17, 15) is 4.79 Å². The van der Waals surface area contributed by atoms with Crippen LogP contribution < -0.4 is 5.56 Å². The van der Waals surface area contributed by atoms with E-state index in [2.05, 4.69) is 6.07 Å². The number of hydrogen-bond donors (Lipinski definition) is 0. The van der Waals surface area contributed by atoms with E-state index in [1.807, 2.05) is 92.9 Å². The molecule has 166 valence electrons. The topological polar surface area (TPSA) is 65.6 Å². The van der Waals surface area contributed by atoms with Crippen molar-refractivity contribution in [3.8, 4) is 11.4 Å². The first-order valence-electron chi connectivity index (χ1n) is 11.3. The molecule has 3 heterocycles. The highest BCUT2D eigenvalue weighted by atomic mass is 16.1. The first-order chi connectivity index (χ1) is 16.4. The van der Waals surface area contributed by atoms with Crippen molar-refractivity contribution in [1.29, 1.82) is 0 Å². The molecule has 6 rings (SSSR count). The van der Waals surface area contributed by atoms with Crippen molar-refractivity contribution in [2.75, 3.05) is 0 Å². The fraction of sp³-hybridized carbons (Fsp3) is 0.143. The molecule has 34 heavy (non-hydrogen) atoms. The van der Waals surface area contributed by atoms with Gasteiger partial charge in [-0.15, -0.1) is 0 Å². The van der Waals surface area contributed by atoms with Crippen molar-refractivity contribution < 1.29 is 0 Å². The third kappa shape index (κ3) is 3.03. The van der Waals surface area contributed by atoms with Gasteiger partial charge in [0, 0.05) is 5.69 Å². The maximum Gasteiger partial charge on any atom is 0.269 e. The minimum atomic E-state index is -0.145. The van der Waals surface area contributed by atoms with Crippen LogP contribution in [0.5, 0.6) is 0 Å². The lowest BCUT2D eigenvalue weighted by Crippen LogP contribution is -2.22. The van der Waals surface area contributed by atoms with Gasteiger partial charge in [0.1, 0.15) is 16.7 Å². The van der Waals surface area contributed by atoms with E-state index in [1.54, 1.807) is 4.57 Å². The minimum Gasteiger partial charge on any atom is -0.276 e. The van der Waals surface area contributed by atoms with Gasteiger partial charge in [0.05, 0.1) is 16.7 Å². The van der Waals surface area contributed by atoms with Crippen molar-refractivity contribution >= 4 is 33.2 Å². The highest BCUT2D eigenvalue weighted by Crippen LogP contribution is 2.29. The molecule has 0 radical (unpaired) electrons. The summed E-state index contributed by atoms with van der Waals surface area (Å²) in [5.41, 5.74) is 8.17. The van der Waals surface area contributed by atoms with Crippen molar-refractivity contribution in [2.45, 2.75) is 27.7 Å². The molecule has 0 atom stereocenters. The Morgan fingerprint density at radius 2 is 1.26 bits per heavy atom. The Hall–Kier alpha value is -4.32. The number of benzene rings is 3. The van der Waals surface area contributed by atoms with E-state index in [0.29, 0.717) is 28.0 Å². The largest absolute Gasteiger partial charge is 0.276 e. The van der Waals surface area contributed by atoms with Crippen molar-refractivity contribution in [3.05, 3.63) is 99.6 Å². The molecule has 6 nitrogen and oxygen atoms in total. The average Bonchev–Trinajstić information content (AvgIpc) is 3.10.